The Morgan fingerprint density at radius 2 is 1.80 bits per heavy atom. The molecule has 0 aliphatic carbocycles. The number of amides is 2. The molecule has 0 radical (unpaired) electrons. The van der Waals surface area contributed by atoms with Gasteiger partial charge in [0.15, 0.2) is 0 Å². The summed E-state index contributed by atoms with van der Waals surface area (Å²) in [6, 6.07) is 10.9. The molecular weight excluding hydrogens is 430 g/mol. The van der Waals surface area contributed by atoms with Crippen LogP contribution in [0.1, 0.15) is 24.0 Å². The molecule has 2 aromatic rings. The molecule has 2 amide bonds. The normalized spacial score (nSPS) is 16.6. The van der Waals surface area contributed by atoms with Gasteiger partial charge in [0, 0.05) is 29.8 Å². The lowest BCUT2D eigenvalue weighted by Crippen LogP contribution is -2.50. The van der Waals surface area contributed by atoms with E-state index in [0.29, 0.717) is 48.1 Å². The van der Waals surface area contributed by atoms with E-state index in [1.54, 1.807) is 30.3 Å². The molecule has 3 N–H and O–H groups in total. The fourth-order valence-corrected chi connectivity index (χ4v) is 4.37. The molecule has 1 heterocycles. The van der Waals surface area contributed by atoms with E-state index in [9.17, 15) is 14.0 Å². The van der Waals surface area contributed by atoms with Crippen molar-refractivity contribution in [3.63, 3.8) is 0 Å². The zero-order chi connectivity index (χ0) is 21.7. The third kappa shape index (κ3) is 5.12. The first-order chi connectivity index (χ1) is 14.3. The number of hydrogen-bond donors (Lipinski definition) is 2. The van der Waals surface area contributed by atoms with E-state index >= 15 is 0 Å². The Kier molecular flexibility index (Phi) is 7.34. The molecule has 3 rings (SSSR count). The first kappa shape index (κ1) is 22.5. The lowest BCUT2D eigenvalue weighted by molar-refractivity contribution is -0.131. The number of carbonyl (C=O) groups is 2. The number of halogens is 3. The Labute approximate surface area is 184 Å². The maximum atomic E-state index is 13.3. The Balaban J connectivity index is 1.77. The van der Waals surface area contributed by atoms with Crippen LogP contribution in [-0.4, -0.2) is 31.6 Å². The summed E-state index contributed by atoms with van der Waals surface area (Å²) in [6.07, 6.45) is 1.21. The summed E-state index contributed by atoms with van der Waals surface area (Å²) in [5.74, 6) is -1.76. The van der Waals surface area contributed by atoms with Gasteiger partial charge >= 0.3 is 0 Å². The largest absolute Gasteiger partial charge is 0.381 e. The van der Waals surface area contributed by atoms with Gasteiger partial charge in [0.2, 0.25) is 11.8 Å². The van der Waals surface area contributed by atoms with Crippen LogP contribution in [0, 0.1) is 11.7 Å². The lowest BCUT2D eigenvalue weighted by Gasteiger charge is -2.37. The average molecular weight is 453 g/mol. The van der Waals surface area contributed by atoms with Crippen LogP contribution in [0.4, 0.5) is 4.39 Å². The topological polar surface area (TPSA) is 81.4 Å². The fraction of sp³-hybridized carbons (Fsp3) is 0.364. The summed E-state index contributed by atoms with van der Waals surface area (Å²) < 4.78 is 18.6. The summed E-state index contributed by atoms with van der Waals surface area (Å²) in [7, 11) is 0. The van der Waals surface area contributed by atoms with E-state index in [1.165, 1.54) is 12.1 Å². The van der Waals surface area contributed by atoms with Crippen molar-refractivity contribution >= 4 is 35.0 Å². The molecule has 1 aliphatic heterocycles. The number of hydrogen-bond acceptors (Lipinski definition) is 3. The maximum absolute atomic E-state index is 13.3. The first-order valence-corrected chi connectivity index (χ1v) is 10.4. The summed E-state index contributed by atoms with van der Waals surface area (Å²) >= 11 is 12.4. The first-order valence-electron chi connectivity index (χ1n) is 9.67. The van der Waals surface area contributed by atoms with Crippen molar-refractivity contribution in [2.45, 2.75) is 24.7 Å². The highest BCUT2D eigenvalue weighted by molar-refractivity contribution is 6.35. The Morgan fingerprint density at radius 3 is 2.40 bits per heavy atom. The lowest BCUT2D eigenvalue weighted by atomic mass is 9.73. The molecule has 1 fully saturated rings. The standard InChI is InChI=1S/C22H23Cl2FN2O3/c23-16-3-6-18(19(24)12-16)22(7-9-30-10-8-22)21(29)27-13-15(20(26)28)11-14-1-4-17(25)5-2-14/h1-6,12,15H,7-11,13H2,(H2,26,28)(H,27,29). The molecule has 1 atom stereocenters. The highest BCUT2D eigenvalue weighted by Crippen LogP contribution is 2.40. The van der Waals surface area contributed by atoms with E-state index in [-0.39, 0.29) is 18.3 Å². The van der Waals surface area contributed by atoms with Crippen molar-refractivity contribution in [3.05, 3.63) is 69.5 Å². The van der Waals surface area contributed by atoms with Gasteiger partial charge in [-0.25, -0.2) is 4.39 Å². The van der Waals surface area contributed by atoms with Gasteiger partial charge in [-0.1, -0.05) is 41.4 Å². The predicted molar refractivity (Wildman–Crippen MR) is 114 cm³/mol. The Morgan fingerprint density at radius 1 is 1.13 bits per heavy atom. The van der Waals surface area contributed by atoms with Gasteiger partial charge < -0.3 is 15.8 Å². The van der Waals surface area contributed by atoms with Crippen molar-refractivity contribution in [2.24, 2.45) is 11.7 Å². The van der Waals surface area contributed by atoms with Gasteiger partial charge in [0.05, 0.1) is 11.3 Å². The number of benzene rings is 2. The van der Waals surface area contributed by atoms with E-state index in [2.05, 4.69) is 5.32 Å². The summed E-state index contributed by atoms with van der Waals surface area (Å²) in [4.78, 5) is 25.3. The van der Waals surface area contributed by atoms with Crippen LogP contribution in [-0.2, 0) is 26.2 Å². The molecule has 0 aromatic heterocycles. The quantitative estimate of drug-likeness (QED) is 0.672. The molecule has 1 aliphatic rings. The number of ether oxygens (including phenoxy) is 1. The Hall–Kier alpha value is -2.15. The van der Waals surface area contributed by atoms with Crippen molar-refractivity contribution in [3.8, 4) is 0 Å². The second kappa shape index (κ2) is 9.77. The van der Waals surface area contributed by atoms with Gasteiger partial charge in [-0.3, -0.25) is 9.59 Å². The molecule has 1 unspecified atom stereocenters. The van der Waals surface area contributed by atoms with E-state index in [4.69, 9.17) is 33.7 Å². The number of primary amides is 1. The van der Waals surface area contributed by atoms with Crippen molar-refractivity contribution in [1.29, 1.82) is 0 Å². The van der Waals surface area contributed by atoms with E-state index in [1.807, 2.05) is 0 Å². The molecule has 30 heavy (non-hydrogen) atoms. The third-order valence-corrected chi connectivity index (χ3v) is 6.08. The number of rotatable bonds is 7. The van der Waals surface area contributed by atoms with Gasteiger partial charge in [0.25, 0.3) is 0 Å². The van der Waals surface area contributed by atoms with E-state index < -0.39 is 17.2 Å². The van der Waals surface area contributed by atoms with Crippen molar-refractivity contribution in [2.75, 3.05) is 19.8 Å². The van der Waals surface area contributed by atoms with Gasteiger partial charge in [-0.15, -0.1) is 0 Å². The molecule has 8 heteroatoms. The smallest absolute Gasteiger partial charge is 0.230 e. The van der Waals surface area contributed by atoms with Crippen molar-refractivity contribution in [1.82, 2.24) is 5.32 Å². The summed E-state index contributed by atoms with van der Waals surface area (Å²) in [5, 5.41) is 3.79. The van der Waals surface area contributed by atoms with Crippen LogP contribution in [0.5, 0.6) is 0 Å². The average Bonchev–Trinajstić information content (AvgIpc) is 2.72. The molecule has 160 valence electrons. The molecular formula is C22H23Cl2FN2O3. The summed E-state index contributed by atoms with van der Waals surface area (Å²) in [5.41, 5.74) is 6.11. The van der Waals surface area contributed by atoms with Gasteiger partial charge in [-0.2, -0.15) is 0 Å². The minimum atomic E-state index is -0.877. The number of nitrogens with two attached hydrogens (primary N) is 1. The monoisotopic (exact) mass is 452 g/mol. The molecule has 0 saturated carbocycles. The molecule has 5 nitrogen and oxygen atoms in total. The second-order valence-electron chi connectivity index (χ2n) is 7.46. The van der Waals surface area contributed by atoms with Gasteiger partial charge in [-0.05, 0) is 54.7 Å². The summed E-state index contributed by atoms with van der Waals surface area (Å²) in [6.45, 7) is 0.905. The van der Waals surface area contributed by atoms with Crippen LogP contribution < -0.4 is 11.1 Å². The number of nitrogens with one attached hydrogen (secondary N) is 1. The van der Waals surface area contributed by atoms with Crippen molar-refractivity contribution < 1.29 is 18.7 Å². The minimum absolute atomic E-state index is 0.0688. The van der Waals surface area contributed by atoms with Gasteiger partial charge in [0.1, 0.15) is 5.82 Å². The van der Waals surface area contributed by atoms with Crippen LogP contribution in [0.3, 0.4) is 0 Å². The highest BCUT2D eigenvalue weighted by Gasteiger charge is 2.43. The Bertz CT molecular complexity index is 915. The molecule has 0 bridgehead atoms. The second-order valence-corrected chi connectivity index (χ2v) is 8.30. The SMILES string of the molecule is NC(=O)C(CNC(=O)C1(c2ccc(Cl)cc2Cl)CCOCC1)Cc1ccc(F)cc1. The van der Waals surface area contributed by atoms with E-state index in [0.717, 1.165) is 5.56 Å². The maximum Gasteiger partial charge on any atom is 0.230 e. The number of carbonyl (C=O) groups excluding carboxylic acids is 2. The fourth-order valence-electron chi connectivity index (χ4n) is 3.78. The van der Waals surface area contributed by atoms with Crippen LogP contribution in [0.25, 0.3) is 0 Å². The molecule has 1 saturated heterocycles. The van der Waals surface area contributed by atoms with Crippen LogP contribution >= 0.6 is 23.2 Å². The molecule has 2 aromatic carbocycles. The zero-order valence-corrected chi connectivity index (χ0v) is 17.8. The third-order valence-electron chi connectivity index (χ3n) is 5.53. The highest BCUT2D eigenvalue weighted by atomic mass is 35.5. The van der Waals surface area contributed by atoms with Crippen LogP contribution in [0.2, 0.25) is 10.0 Å². The predicted octanol–water partition coefficient (Wildman–Crippen LogP) is 3.64. The minimum Gasteiger partial charge on any atom is -0.381 e. The zero-order valence-electron chi connectivity index (χ0n) is 16.3. The van der Waals surface area contributed by atoms with Crippen LogP contribution in [0.15, 0.2) is 42.5 Å². The molecule has 0 spiro atoms.